The molecule has 0 bridgehead atoms. The van der Waals surface area contributed by atoms with Crippen LogP contribution >= 0.6 is 0 Å². The van der Waals surface area contributed by atoms with Crippen molar-refractivity contribution in [2.75, 3.05) is 7.11 Å². The van der Waals surface area contributed by atoms with E-state index in [0.717, 1.165) is 42.5 Å². The molecule has 3 rings (SSSR count). The van der Waals surface area contributed by atoms with Gasteiger partial charge in [-0.1, -0.05) is 12.1 Å². The molecule has 0 saturated heterocycles. The van der Waals surface area contributed by atoms with Crippen molar-refractivity contribution in [2.24, 2.45) is 0 Å². The topological polar surface area (TPSA) is 79.4 Å². The first-order chi connectivity index (χ1) is 12.0. The summed E-state index contributed by atoms with van der Waals surface area (Å²) in [7, 11) is -2.45. The van der Waals surface area contributed by atoms with Crippen molar-refractivity contribution in [2.45, 2.75) is 30.6 Å². The summed E-state index contributed by atoms with van der Waals surface area (Å²) in [5.41, 5.74) is 3.44. The van der Waals surface area contributed by atoms with Crippen LogP contribution < -0.4 is 4.74 Å². The molecule has 3 aromatic rings. The second-order valence-corrected chi connectivity index (χ2v) is 7.47. The van der Waals surface area contributed by atoms with Gasteiger partial charge >= 0.3 is 0 Å². The largest absolute Gasteiger partial charge is 0.497 e. The number of aryl methyl sites for hydroxylation is 2. The maximum absolute atomic E-state index is 11.0. The summed E-state index contributed by atoms with van der Waals surface area (Å²) >= 11 is 0. The second kappa shape index (κ2) is 7.29. The molecule has 1 aromatic heterocycles. The molecule has 0 radical (unpaired) electrons. The molecule has 2 aromatic carbocycles. The van der Waals surface area contributed by atoms with E-state index in [1.54, 1.807) is 19.2 Å². The minimum Gasteiger partial charge on any atom is -0.497 e. The van der Waals surface area contributed by atoms with Gasteiger partial charge < -0.3 is 9.72 Å². The predicted molar refractivity (Wildman–Crippen MR) is 97.7 cm³/mol. The summed E-state index contributed by atoms with van der Waals surface area (Å²) < 4.78 is 36.3. The third-order valence-electron chi connectivity index (χ3n) is 4.36. The summed E-state index contributed by atoms with van der Waals surface area (Å²) in [6.07, 6.45) is 5.92. The first kappa shape index (κ1) is 17.5. The minimum absolute atomic E-state index is 0.0658. The lowest BCUT2D eigenvalue weighted by molar-refractivity contribution is 0.415. The van der Waals surface area contributed by atoms with Crippen LogP contribution in [0.5, 0.6) is 5.75 Å². The van der Waals surface area contributed by atoms with Crippen molar-refractivity contribution in [1.82, 2.24) is 4.98 Å². The number of methoxy groups -OCH3 is 1. The molecule has 0 aliphatic rings. The van der Waals surface area contributed by atoms with E-state index in [-0.39, 0.29) is 4.90 Å². The molecule has 0 amide bonds. The van der Waals surface area contributed by atoms with Crippen LogP contribution in [-0.2, 0) is 23.0 Å². The Morgan fingerprint density at radius 1 is 1.04 bits per heavy atom. The summed E-state index contributed by atoms with van der Waals surface area (Å²) in [6.45, 7) is 0. The molecule has 1 heterocycles. The van der Waals surface area contributed by atoms with E-state index in [1.165, 1.54) is 23.1 Å². The Labute approximate surface area is 147 Å². The molecule has 6 heteroatoms. The minimum atomic E-state index is -4.11. The smallest absolute Gasteiger partial charge is 0.294 e. The fourth-order valence-corrected chi connectivity index (χ4v) is 3.44. The van der Waals surface area contributed by atoms with Crippen molar-refractivity contribution >= 4 is 21.0 Å². The Kier molecular flexibility index (Phi) is 5.11. The highest BCUT2D eigenvalue weighted by Crippen LogP contribution is 2.25. The van der Waals surface area contributed by atoms with Crippen molar-refractivity contribution in [3.8, 4) is 5.75 Å². The molecule has 2 N–H and O–H groups in total. The number of aromatic nitrogens is 1. The van der Waals surface area contributed by atoms with Crippen LogP contribution in [0.2, 0.25) is 0 Å². The number of hydrogen-bond donors (Lipinski definition) is 2. The van der Waals surface area contributed by atoms with Gasteiger partial charge in [-0.25, -0.2) is 0 Å². The number of aromatic amines is 1. The highest BCUT2D eigenvalue weighted by Gasteiger charge is 2.08. The Morgan fingerprint density at radius 3 is 2.44 bits per heavy atom. The van der Waals surface area contributed by atoms with Crippen LogP contribution in [0.3, 0.4) is 0 Å². The van der Waals surface area contributed by atoms with Crippen LogP contribution in [0.4, 0.5) is 0 Å². The van der Waals surface area contributed by atoms with Crippen molar-refractivity contribution in [3.05, 3.63) is 59.8 Å². The molecule has 25 heavy (non-hydrogen) atoms. The van der Waals surface area contributed by atoms with Crippen molar-refractivity contribution in [3.63, 3.8) is 0 Å². The van der Waals surface area contributed by atoms with E-state index in [4.69, 9.17) is 9.29 Å². The van der Waals surface area contributed by atoms with E-state index in [2.05, 4.69) is 11.1 Å². The molecule has 0 unspecified atom stereocenters. The van der Waals surface area contributed by atoms with E-state index in [0.29, 0.717) is 0 Å². The van der Waals surface area contributed by atoms with E-state index in [1.807, 2.05) is 18.3 Å². The van der Waals surface area contributed by atoms with Crippen molar-refractivity contribution < 1.29 is 17.7 Å². The number of ether oxygens (including phenoxy) is 1. The molecule has 5 nitrogen and oxygen atoms in total. The molecule has 0 spiro atoms. The Bertz CT molecular complexity index is 959. The third kappa shape index (κ3) is 4.21. The van der Waals surface area contributed by atoms with Gasteiger partial charge in [0.1, 0.15) is 5.75 Å². The number of hydrogen-bond acceptors (Lipinski definition) is 3. The number of nitrogens with one attached hydrogen (secondary N) is 1. The first-order valence-corrected chi connectivity index (χ1v) is 9.62. The quantitative estimate of drug-likeness (QED) is 0.494. The zero-order valence-electron chi connectivity index (χ0n) is 14.0. The molecule has 0 aliphatic heterocycles. The molecular formula is C19H21NO4S. The summed E-state index contributed by atoms with van der Waals surface area (Å²) in [5, 5.41) is 1.19. The average molecular weight is 359 g/mol. The summed E-state index contributed by atoms with van der Waals surface area (Å²) in [5.74, 6) is 0.854. The van der Waals surface area contributed by atoms with Gasteiger partial charge in [-0.2, -0.15) is 8.42 Å². The van der Waals surface area contributed by atoms with E-state index in [9.17, 15) is 8.42 Å². The standard InChI is InChI=1S/C19H21NO4S/c1-24-16-8-11-19-18(12-16)15(13-20-19)5-3-2-4-14-6-9-17(10-7-14)25(21,22)23/h6-13,20H,2-5H2,1H3,(H,21,22,23). The predicted octanol–water partition coefficient (Wildman–Crippen LogP) is 3.99. The lowest BCUT2D eigenvalue weighted by Gasteiger charge is -2.04. The van der Waals surface area contributed by atoms with Gasteiger partial charge in [0.15, 0.2) is 0 Å². The number of unbranched alkanes of at least 4 members (excludes halogenated alkanes) is 1. The summed E-state index contributed by atoms with van der Waals surface area (Å²) in [4.78, 5) is 3.22. The highest BCUT2D eigenvalue weighted by atomic mass is 32.2. The molecular weight excluding hydrogens is 338 g/mol. The molecule has 0 fully saturated rings. The summed E-state index contributed by atoms with van der Waals surface area (Å²) in [6, 6.07) is 12.4. The second-order valence-electron chi connectivity index (χ2n) is 6.05. The van der Waals surface area contributed by atoms with Crippen LogP contribution in [-0.4, -0.2) is 25.1 Å². The lowest BCUT2D eigenvalue weighted by atomic mass is 10.0. The van der Waals surface area contributed by atoms with Gasteiger partial charge in [-0.3, -0.25) is 4.55 Å². The fourth-order valence-electron chi connectivity index (χ4n) is 2.96. The first-order valence-electron chi connectivity index (χ1n) is 8.18. The van der Waals surface area contributed by atoms with Gasteiger partial charge in [0.05, 0.1) is 12.0 Å². The molecule has 132 valence electrons. The number of fused-ring (bicyclic) bond motifs is 1. The van der Waals surface area contributed by atoms with E-state index < -0.39 is 10.1 Å². The van der Waals surface area contributed by atoms with Crippen LogP contribution in [0, 0.1) is 0 Å². The number of benzene rings is 2. The number of rotatable bonds is 7. The Balaban J connectivity index is 1.57. The van der Waals surface area contributed by atoms with Crippen LogP contribution in [0.25, 0.3) is 10.9 Å². The maximum Gasteiger partial charge on any atom is 0.294 e. The molecule has 0 aliphatic carbocycles. The molecule has 0 atom stereocenters. The van der Waals surface area contributed by atoms with Gasteiger partial charge in [0.25, 0.3) is 10.1 Å². The van der Waals surface area contributed by atoms with Gasteiger partial charge in [-0.05, 0) is 67.1 Å². The third-order valence-corrected chi connectivity index (χ3v) is 5.23. The SMILES string of the molecule is COc1ccc2[nH]cc(CCCCc3ccc(S(=O)(=O)O)cc3)c2c1. The van der Waals surface area contributed by atoms with Crippen LogP contribution in [0.1, 0.15) is 24.0 Å². The fraction of sp³-hybridized carbons (Fsp3) is 0.263. The average Bonchev–Trinajstić information content (AvgIpc) is 3.00. The monoisotopic (exact) mass is 359 g/mol. The highest BCUT2D eigenvalue weighted by molar-refractivity contribution is 7.85. The Hall–Kier alpha value is -2.31. The van der Waals surface area contributed by atoms with Gasteiger partial charge in [-0.15, -0.1) is 0 Å². The van der Waals surface area contributed by atoms with Gasteiger partial charge in [0, 0.05) is 17.1 Å². The number of H-pyrrole nitrogens is 1. The van der Waals surface area contributed by atoms with Gasteiger partial charge in [0.2, 0.25) is 0 Å². The zero-order valence-corrected chi connectivity index (χ0v) is 14.8. The van der Waals surface area contributed by atoms with Crippen LogP contribution in [0.15, 0.2) is 53.6 Å². The Morgan fingerprint density at radius 2 is 1.76 bits per heavy atom. The molecule has 0 saturated carbocycles. The van der Waals surface area contributed by atoms with E-state index >= 15 is 0 Å². The zero-order chi connectivity index (χ0) is 17.9. The van der Waals surface area contributed by atoms with Crippen molar-refractivity contribution in [1.29, 1.82) is 0 Å². The normalized spacial score (nSPS) is 11.8. The maximum atomic E-state index is 11.0. The lowest BCUT2D eigenvalue weighted by Crippen LogP contribution is -1.98.